The summed E-state index contributed by atoms with van der Waals surface area (Å²) in [7, 11) is 0. The molecule has 1 atom stereocenters. The Kier molecular flexibility index (Phi) is 6.09. The van der Waals surface area contributed by atoms with Gasteiger partial charge in [0.05, 0.1) is 0 Å². The molecule has 1 heterocycles. The second kappa shape index (κ2) is 6.14. The maximum Gasteiger partial charge on any atom is 0.262 e. The summed E-state index contributed by atoms with van der Waals surface area (Å²) < 4.78 is -2.05. The fourth-order valence-corrected chi connectivity index (χ4v) is 2.78. The zero-order valence-electron chi connectivity index (χ0n) is 9.82. The Bertz CT molecular complexity index is 400. The summed E-state index contributed by atoms with van der Waals surface area (Å²) in [4.78, 5) is 25.7. The number of nitrogens with one attached hydrogen (secondary N) is 1. The Morgan fingerprint density at radius 3 is 1.89 bits per heavy atom. The van der Waals surface area contributed by atoms with E-state index >= 15 is 0 Å². The van der Waals surface area contributed by atoms with Gasteiger partial charge in [-0.2, -0.15) is 0 Å². The first-order chi connectivity index (χ1) is 8.27. The van der Waals surface area contributed by atoms with E-state index < -0.39 is 4.29 Å². The molecule has 1 aliphatic rings. The molecule has 110 valence electrons. The van der Waals surface area contributed by atoms with Crippen LogP contribution in [0.3, 0.4) is 0 Å². The van der Waals surface area contributed by atoms with Gasteiger partial charge >= 0.3 is 0 Å². The highest BCUT2D eigenvalue weighted by molar-refractivity contribution is 9.40. The van der Waals surface area contributed by atoms with E-state index in [1.165, 1.54) is 0 Å². The smallest absolute Gasteiger partial charge is 0.262 e. The number of nitrogens with zero attached hydrogens (tertiary/aromatic N) is 1. The molecule has 0 bridgehead atoms. The van der Waals surface area contributed by atoms with Gasteiger partial charge in [0.15, 0.2) is 0 Å². The Hall–Kier alpha value is 1.82. The van der Waals surface area contributed by atoms with Crippen LogP contribution in [0.15, 0.2) is 0 Å². The van der Waals surface area contributed by atoms with Gasteiger partial charge in [-0.25, -0.2) is 0 Å². The van der Waals surface area contributed by atoms with Crippen molar-refractivity contribution in [2.45, 2.75) is 24.3 Å². The number of hydrogen-bond acceptors (Lipinski definition) is 2. The lowest BCUT2D eigenvalue weighted by Crippen LogP contribution is -2.72. The summed E-state index contributed by atoms with van der Waals surface area (Å²) in [6.45, 7) is 4.53. The van der Waals surface area contributed by atoms with Gasteiger partial charge in [0.1, 0.15) is 6.17 Å². The number of alkyl halides is 6. The lowest BCUT2D eigenvalue weighted by atomic mass is 9.79. The van der Waals surface area contributed by atoms with E-state index in [4.69, 9.17) is 0 Å². The lowest BCUT2D eigenvalue weighted by molar-refractivity contribution is -0.155. The van der Waals surface area contributed by atoms with Crippen LogP contribution < -0.4 is 5.32 Å². The third-order valence-electron chi connectivity index (χ3n) is 2.66. The van der Waals surface area contributed by atoms with Crippen LogP contribution in [0.2, 0.25) is 0 Å². The van der Waals surface area contributed by atoms with E-state index in [9.17, 15) is 9.59 Å². The first kappa shape index (κ1) is 18.9. The van der Waals surface area contributed by atoms with E-state index in [2.05, 4.69) is 101 Å². The van der Waals surface area contributed by atoms with Gasteiger partial charge in [-0.1, -0.05) is 13.8 Å². The average Bonchev–Trinajstić information content (AvgIpc) is 2.18. The van der Waals surface area contributed by atoms with Crippen LogP contribution >= 0.6 is 95.6 Å². The maximum atomic E-state index is 12.2. The number of amides is 2. The minimum absolute atomic E-state index is 0.193. The van der Waals surface area contributed by atoms with Gasteiger partial charge in [-0.15, -0.1) is 0 Å². The molecule has 1 rings (SSSR count). The molecule has 0 aromatic rings. The number of halogens is 6. The van der Waals surface area contributed by atoms with Crippen LogP contribution in [0, 0.1) is 5.41 Å². The first-order valence-corrected chi connectivity index (χ1v) is 9.78. The van der Waals surface area contributed by atoms with E-state index in [0.717, 1.165) is 0 Å². The Morgan fingerprint density at radius 2 is 1.58 bits per heavy atom. The maximum absolute atomic E-state index is 12.2. The van der Waals surface area contributed by atoms with E-state index in [-0.39, 0.29) is 23.4 Å². The third-order valence-corrected chi connectivity index (χ3v) is 4.76. The molecule has 0 aromatic heterocycles. The molecule has 0 spiro atoms. The molecule has 1 fully saturated rings. The quantitative estimate of drug-likeness (QED) is 0.435. The van der Waals surface area contributed by atoms with Crippen LogP contribution in [0.5, 0.6) is 0 Å². The van der Waals surface area contributed by atoms with E-state index in [1.54, 1.807) is 4.90 Å². The molecular formula is C9H10Br6N2O2. The molecule has 1 unspecified atom stereocenters. The highest BCUT2D eigenvalue weighted by Crippen LogP contribution is 2.43. The van der Waals surface area contributed by atoms with Gasteiger partial charge in [0.25, 0.3) is 11.8 Å². The van der Waals surface area contributed by atoms with Crippen molar-refractivity contribution < 1.29 is 9.59 Å². The summed E-state index contributed by atoms with van der Waals surface area (Å²) in [5.74, 6) is -0.520. The van der Waals surface area contributed by atoms with Crippen molar-refractivity contribution in [2.75, 3.05) is 6.54 Å². The van der Waals surface area contributed by atoms with Crippen LogP contribution in [0.1, 0.15) is 13.8 Å². The molecular weight excluding hydrogens is 648 g/mol. The minimum atomic E-state index is -1.04. The largest absolute Gasteiger partial charge is 0.333 e. The first-order valence-electron chi connectivity index (χ1n) is 5.02. The molecule has 0 saturated carbocycles. The monoisotopic (exact) mass is 652 g/mol. The summed E-state index contributed by atoms with van der Waals surface area (Å²) in [5, 5.41) is 2.81. The normalized spacial score (nSPS) is 22.7. The Balaban J connectivity index is 2.84. The van der Waals surface area contributed by atoms with Gasteiger partial charge in [-0.3, -0.25) is 9.59 Å². The number of likely N-dealkylation sites (tertiary alicyclic amines) is 1. The molecule has 0 radical (unpaired) electrons. The molecule has 4 nitrogen and oxygen atoms in total. The number of carbonyl (C=O) groups excluding carboxylic acids is 2. The summed E-state index contributed by atoms with van der Waals surface area (Å²) >= 11 is 19.0. The van der Waals surface area contributed by atoms with Gasteiger partial charge < -0.3 is 10.2 Å². The molecule has 10 heteroatoms. The highest BCUT2D eigenvalue weighted by atomic mass is 80.0. The van der Waals surface area contributed by atoms with Crippen molar-refractivity contribution in [1.29, 1.82) is 0 Å². The van der Waals surface area contributed by atoms with Crippen molar-refractivity contribution in [2.24, 2.45) is 5.41 Å². The predicted molar refractivity (Wildman–Crippen MR) is 96.4 cm³/mol. The fourth-order valence-electron chi connectivity index (χ4n) is 1.76. The minimum Gasteiger partial charge on any atom is -0.333 e. The Morgan fingerprint density at radius 1 is 1.11 bits per heavy atom. The van der Waals surface area contributed by atoms with E-state index in [1.807, 2.05) is 13.8 Å². The second-order valence-electron chi connectivity index (χ2n) is 4.79. The van der Waals surface area contributed by atoms with Crippen molar-refractivity contribution in [1.82, 2.24) is 10.2 Å². The van der Waals surface area contributed by atoms with Crippen molar-refractivity contribution in [3.05, 3.63) is 0 Å². The van der Waals surface area contributed by atoms with Crippen LogP contribution in [0.4, 0.5) is 0 Å². The van der Waals surface area contributed by atoms with Crippen molar-refractivity contribution >= 4 is 107 Å². The van der Waals surface area contributed by atoms with Crippen LogP contribution in [0.25, 0.3) is 0 Å². The molecule has 2 amide bonds. The molecule has 0 aromatic carbocycles. The number of rotatable bonds is 1. The van der Waals surface area contributed by atoms with Gasteiger partial charge in [-0.05, 0) is 95.6 Å². The third kappa shape index (κ3) is 4.64. The molecule has 1 saturated heterocycles. The number of carbonyl (C=O) groups is 2. The highest BCUT2D eigenvalue weighted by Gasteiger charge is 2.53. The van der Waals surface area contributed by atoms with Crippen LogP contribution in [-0.2, 0) is 9.59 Å². The van der Waals surface area contributed by atoms with Crippen molar-refractivity contribution in [3.8, 4) is 0 Å². The predicted octanol–water partition coefficient (Wildman–Crippen LogP) is 3.97. The van der Waals surface area contributed by atoms with Gasteiger partial charge in [0, 0.05) is 12.0 Å². The summed E-state index contributed by atoms with van der Waals surface area (Å²) in [6, 6.07) is 0. The van der Waals surface area contributed by atoms with Crippen LogP contribution in [-0.4, -0.2) is 33.7 Å². The number of hydrogen-bond donors (Lipinski definition) is 1. The zero-order valence-corrected chi connectivity index (χ0v) is 19.3. The molecule has 0 aliphatic carbocycles. The lowest BCUT2D eigenvalue weighted by Gasteiger charge is -2.55. The summed E-state index contributed by atoms with van der Waals surface area (Å²) in [6.07, 6.45) is -0.383. The zero-order chi connectivity index (χ0) is 15.2. The van der Waals surface area contributed by atoms with Gasteiger partial charge in [0.2, 0.25) is 4.29 Å². The standard InChI is InChI=1S/C9H10Br6N2O2/c1-7(2)3-17(6(19)9(13,14)15)4(7)16-5(18)8(10,11)12/h4H,3H2,1-2H3,(H,16,18). The molecule has 1 aliphatic heterocycles. The topological polar surface area (TPSA) is 49.4 Å². The van der Waals surface area contributed by atoms with E-state index in [0.29, 0.717) is 6.54 Å². The Labute approximate surface area is 161 Å². The second-order valence-corrected chi connectivity index (χ2v) is 18.3. The average molecular weight is 658 g/mol. The molecule has 1 N–H and O–H groups in total. The fraction of sp³-hybridized carbons (Fsp3) is 0.778. The summed E-state index contributed by atoms with van der Waals surface area (Å²) in [5.41, 5.74) is -0.193. The van der Waals surface area contributed by atoms with Crippen molar-refractivity contribution in [3.63, 3.8) is 0 Å². The SMILES string of the molecule is CC1(C)CN(C(=O)C(Br)(Br)Br)C1NC(=O)C(Br)(Br)Br. The molecule has 19 heavy (non-hydrogen) atoms.